The number of hydrogen-bond acceptors (Lipinski definition) is 5. The Hall–Kier alpha value is -2.57. The molecule has 7 nitrogen and oxygen atoms in total. The molecule has 132 valence electrons. The summed E-state index contributed by atoms with van der Waals surface area (Å²) in [5.41, 5.74) is 0.362. The van der Waals surface area contributed by atoms with Gasteiger partial charge in [-0.25, -0.2) is 9.59 Å². The fourth-order valence-corrected chi connectivity index (χ4v) is 1.73. The van der Waals surface area contributed by atoms with Crippen LogP contribution in [0.3, 0.4) is 0 Å². The van der Waals surface area contributed by atoms with Crippen LogP contribution >= 0.6 is 0 Å². The molecule has 1 rings (SSSR count). The monoisotopic (exact) mass is 336 g/mol. The number of anilines is 1. The zero-order valence-electron chi connectivity index (χ0n) is 14.6. The molecule has 0 aliphatic carbocycles. The van der Waals surface area contributed by atoms with Gasteiger partial charge in [-0.2, -0.15) is 0 Å². The van der Waals surface area contributed by atoms with Gasteiger partial charge in [-0.05, 0) is 58.9 Å². The van der Waals surface area contributed by atoms with E-state index in [1.807, 2.05) is 20.8 Å². The average Bonchev–Trinajstić information content (AvgIpc) is 2.46. The summed E-state index contributed by atoms with van der Waals surface area (Å²) in [6.07, 6.45) is -1.48. The average molecular weight is 336 g/mol. The maximum Gasteiger partial charge on any atom is 0.411 e. The number of rotatable bonds is 5. The highest BCUT2D eigenvalue weighted by Gasteiger charge is 2.22. The van der Waals surface area contributed by atoms with Crippen molar-refractivity contribution in [1.82, 2.24) is 5.32 Å². The van der Waals surface area contributed by atoms with E-state index in [1.54, 1.807) is 19.1 Å². The Morgan fingerprint density at radius 1 is 1.12 bits per heavy atom. The van der Waals surface area contributed by atoms with Crippen LogP contribution in [0.5, 0.6) is 0 Å². The van der Waals surface area contributed by atoms with Gasteiger partial charge in [0.2, 0.25) is 0 Å². The predicted octanol–water partition coefficient (Wildman–Crippen LogP) is 2.72. The minimum atomic E-state index is -0.908. The van der Waals surface area contributed by atoms with Gasteiger partial charge >= 0.3 is 12.1 Å². The van der Waals surface area contributed by atoms with E-state index in [4.69, 9.17) is 9.47 Å². The Kier molecular flexibility index (Phi) is 6.76. The van der Waals surface area contributed by atoms with Gasteiger partial charge in [-0.3, -0.25) is 10.1 Å². The van der Waals surface area contributed by atoms with Crippen molar-refractivity contribution in [2.45, 2.75) is 46.3 Å². The van der Waals surface area contributed by atoms with Crippen molar-refractivity contribution in [3.63, 3.8) is 0 Å². The molecule has 0 bridgehead atoms. The maximum atomic E-state index is 12.0. The van der Waals surface area contributed by atoms with E-state index in [1.165, 1.54) is 19.1 Å². The molecule has 1 atom stereocenters. The van der Waals surface area contributed by atoms with Gasteiger partial charge in [0.1, 0.15) is 0 Å². The second kappa shape index (κ2) is 8.33. The molecule has 1 unspecified atom stereocenters. The lowest BCUT2D eigenvalue weighted by molar-refractivity contribution is -0.130. The van der Waals surface area contributed by atoms with Crippen molar-refractivity contribution in [2.75, 3.05) is 11.9 Å². The van der Waals surface area contributed by atoms with E-state index in [9.17, 15) is 14.4 Å². The number of ether oxygens (including phenoxy) is 2. The van der Waals surface area contributed by atoms with Crippen molar-refractivity contribution in [3.05, 3.63) is 29.8 Å². The number of carbonyl (C=O) groups is 3. The molecular weight excluding hydrogens is 312 g/mol. The lowest BCUT2D eigenvalue weighted by Gasteiger charge is -2.23. The van der Waals surface area contributed by atoms with Gasteiger partial charge in [0.25, 0.3) is 5.91 Å². The van der Waals surface area contributed by atoms with Gasteiger partial charge in [0.05, 0.1) is 12.2 Å². The summed E-state index contributed by atoms with van der Waals surface area (Å²) in [7, 11) is 0. The third-order valence-electron chi connectivity index (χ3n) is 2.79. The summed E-state index contributed by atoms with van der Waals surface area (Å²) in [6.45, 7) is 9.01. The molecule has 24 heavy (non-hydrogen) atoms. The van der Waals surface area contributed by atoms with Crippen LogP contribution in [0.15, 0.2) is 24.3 Å². The fraction of sp³-hybridized carbons (Fsp3) is 0.471. The molecule has 0 radical (unpaired) electrons. The van der Waals surface area contributed by atoms with E-state index >= 15 is 0 Å². The molecule has 0 heterocycles. The molecule has 1 aromatic rings. The molecule has 1 aromatic carbocycles. The number of esters is 1. The summed E-state index contributed by atoms with van der Waals surface area (Å²) in [4.78, 5) is 35.3. The molecular formula is C17H24N2O5. The van der Waals surface area contributed by atoms with E-state index < -0.39 is 23.7 Å². The Labute approximate surface area is 141 Å². The van der Waals surface area contributed by atoms with Crippen molar-refractivity contribution in [3.8, 4) is 0 Å². The minimum absolute atomic E-state index is 0.269. The third kappa shape index (κ3) is 6.68. The summed E-state index contributed by atoms with van der Waals surface area (Å²) in [5.74, 6) is -0.981. The molecule has 2 N–H and O–H groups in total. The van der Waals surface area contributed by atoms with Crippen molar-refractivity contribution < 1.29 is 23.9 Å². The highest BCUT2D eigenvalue weighted by molar-refractivity contribution is 5.93. The molecule has 0 aliphatic rings. The summed E-state index contributed by atoms with van der Waals surface area (Å²) in [5, 5.41) is 5.26. The Morgan fingerprint density at radius 2 is 1.71 bits per heavy atom. The zero-order valence-corrected chi connectivity index (χ0v) is 14.6. The third-order valence-corrected chi connectivity index (χ3v) is 2.79. The first kappa shape index (κ1) is 19.5. The Morgan fingerprint density at radius 3 is 2.21 bits per heavy atom. The van der Waals surface area contributed by atoms with E-state index in [2.05, 4.69) is 10.6 Å². The molecule has 0 fully saturated rings. The standard InChI is InChI=1S/C17H24N2O5/c1-6-23-16(22)18-13-9-7-12(8-10-13)15(21)24-11(2)14(20)19-17(3,4)5/h7-11H,6H2,1-5H3,(H,18,22)(H,19,20). The van der Waals surface area contributed by atoms with Crippen LogP contribution < -0.4 is 10.6 Å². The molecule has 7 heteroatoms. The topological polar surface area (TPSA) is 93.7 Å². The highest BCUT2D eigenvalue weighted by Crippen LogP contribution is 2.12. The fourth-order valence-electron chi connectivity index (χ4n) is 1.73. The summed E-state index contributed by atoms with van der Waals surface area (Å²) < 4.78 is 9.90. The lowest BCUT2D eigenvalue weighted by atomic mass is 10.1. The van der Waals surface area contributed by atoms with E-state index in [0.717, 1.165) is 0 Å². The number of benzene rings is 1. The van der Waals surface area contributed by atoms with Crippen LogP contribution in [0, 0.1) is 0 Å². The van der Waals surface area contributed by atoms with Gasteiger partial charge in [0, 0.05) is 11.2 Å². The van der Waals surface area contributed by atoms with E-state index in [-0.39, 0.29) is 18.1 Å². The van der Waals surface area contributed by atoms with Crippen LogP contribution in [-0.4, -0.2) is 36.2 Å². The number of hydrogen-bond donors (Lipinski definition) is 2. The van der Waals surface area contributed by atoms with Gasteiger partial charge < -0.3 is 14.8 Å². The SMILES string of the molecule is CCOC(=O)Nc1ccc(C(=O)OC(C)C(=O)NC(C)(C)C)cc1. The normalized spacial score (nSPS) is 12.0. The van der Waals surface area contributed by atoms with Crippen molar-refractivity contribution >= 4 is 23.7 Å². The number of nitrogens with one attached hydrogen (secondary N) is 2. The largest absolute Gasteiger partial charge is 0.450 e. The molecule has 0 spiro atoms. The molecule has 0 aromatic heterocycles. The van der Waals surface area contributed by atoms with Crippen LogP contribution in [0.1, 0.15) is 45.0 Å². The Balaban J connectivity index is 2.62. The predicted molar refractivity (Wildman–Crippen MR) is 89.9 cm³/mol. The summed E-state index contributed by atoms with van der Waals surface area (Å²) >= 11 is 0. The second-order valence-electron chi connectivity index (χ2n) is 6.21. The van der Waals surface area contributed by atoms with Crippen molar-refractivity contribution in [2.24, 2.45) is 0 Å². The maximum absolute atomic E-state index is 12.0. The van der Waals surface area contributed by atoms with Crippen LogP contribution in [-0.2, 0) is 14.3 Å². The quantitative estimate of drug-likeness (QED) is 0.806. The minimum Gasteiger partial charge on any atom is -0.450 e. The van der Waals surface area contributed by atoms with Gasteiger partial charge in [0.15, 0.2) is 6.10 Å². The molecule has 0 aliphatic heterocycles. The lowest BCUT2D eigenvalue weighted by Crippen LogP contribution is -2.46. The first-order chi connectivity index (χ1) is 11.1. The van der Waals surface area contributed by atoms with Gasteiger partial charge in [-0.1, -0.05) is 0 Å². The zero-order chi connectivity index (χ0) is 18.3. The van der Waals surface area contributed by atoms with Crippen LogP contribution in [0.2, 0.25) is 0 Å². The number of amides is 2. The van der Waals surface area contributed by atoms with Gasteiger partial charge in [-0.15, -0.1) is 0 Å². The molecule has 0 saturated carbocycles. The van der Waals surface area contributed by atoms with E-state index in [0.29, 0.717) is 5.69 Å². The Bertz CT molecular complexity index is 590. The first-order valence-corrected chi connectivity index (χ1v) is 7.69. The van der Waals surface area contributed by atoms with Crippen molar-refractivity contribution in [1.29, 1.82) is 0 Å². The second-order valence-corrected chi connectivity index (χ2v) is 6.21. The number of carbonyl (C=O) groups excluding carboxylic acids is 3. The molecule has 0 saturated heterocycles. The highest BCUT2D eigenvalue weighted by atomic mass is 16.6. The summed E-state index contributed by atoms with van der Waals surface area (Å²) in [6, 6.07) is 6.09. The molecule has 2 amide bonds. The first-order valence-electron chi connectivity index (χ1n) is 7.69. The van der Waals surface area contributed by atoms with Crippen LogP contribution in [0.4, 0.5) is 10.5 Å². The van der Waals surface area contributed by atoms with Crippen LogP contribution in [0.25, 0.3) is 0 Å². The smallest absolute Gasteiger partial charge is 0.411 e.